The van der Waals surface area contributed by atoms with Gasteiger partial charge in [0.25, 0.3) is 0 Å². The summed E-state index contributed by atoms with van der Waals surface area (Å²) in [4.78, 5) is 34.6. The van der Waals surface area contributed by atoms with Crippen LogP contribution in [0.3, 0.4) is 0 Å². The summed E-state index contributed by atoms with van der Waals surface area (Å²) in [6.45, 7) is 3.77. The maximum Gasteiger partial charge on any atom is 0.302 e. The Balaban J connectivity index is 2.25. The molecule has 25 heavy (non-hydrogen) atoms. The second kappa shape index (κ2) is 12.1. The Bertz CT molecular complexity index is 434. The van der Waals surface area contributed by atoms with E-state index < -0.39 is 35.7 Å². The van der Waals surface area contributed by atoms with Crippen LogP contribution in [0.4, 0.5) is 0 Å². The van der Waals surface area contributed by atoms with Crippen LogP contribution >= 0.6 is 0 Å². The van der Waals surface area contributed by atoms with Gasteiger partial charge in [-0.1, -0.05) is 51.9 Å². The number of carbonyl (C=O) groups excluding carboxylic acids is 3. The van der Waals surface area contributed by atoms with Gasteiger partial charge >= 0.3 is 5.97 Å². The van der Waals surface area contributed by atoms with Gasteiger partial charge in [0.1, 0.15) is 12.7 Å². The standard InChI is InChI=1S/C19H32O6/c1-3-4-5-6-7-8-9-10-11-24-16-12-15(13-25-14(2)20)17(21)19(23)18(16)22/h15-16,18,22H,3-13H2,1-2H3/t15?,16-,18-/m0/s1. The van der Waals surface area contributed by atoms with Crippen LogP contribution in [0.2, 0.25) is 0 Å². The highest BCUT2D eigenvalue weighted by molar-refractivity contribution is 6.40. The van der Waals surface area contributed by atoms with E-state index in [-0.39, 0.29) is 13.0 Å². The highest BCUT2D eigenvalue weighted by Crippen LogP contribution is 2.23. The largest absolute Gasteiger partial charge is 0.465 e. The third-order valence-corrected chi connectivity index (χ3v) is 4.57. The number of carbonyl (C=O) groups is 3. The minimum Gasteiger partial charge on any atom is -0.465 e. The van der Waals surface area contributed by atoms with Gasteiger partial charge in [0.2, 0.25) is 11.6 Å². The molecule has 6 heteroatoms. The SMILES string of the molecule is CCCCCCCCCCO[C@H]1CC(COC(C)=O)C(=O)C(=O)[C@H]1O. The first kappa shape index (κ1) is 21.8. The predicted octanol–water partition coefficient (Wildman–Crippen LogP) is 2.59. The third kappa shape index (κ3) is 8.10. The lowest BCUT2D eigenvalue weighted by molar-refractivity contribution is -0.160. The number of hydrogen-bond donors (Lipinski definition) is 1. The van der Waals surface area contributed by atoms with Crippen molar-refractivity contribution in [2.45, 2.75) is 83.8 Å². The van der Waals surface area contributed by atoms with E-state index in [1.165, 1.54) is 39.0 Å². The minimum absolute atomic E-state index is 0.135. The van der Waals surface area contributed by atoms with Crippen molar-refractivity contribution in [3.63, 3.8) is 0 Å². The summed E-state index contributed by atoms with van der Waals surface area (Å²) in [5.41, 5.74) is 0. The normalized spacial score (nSPS) is 23.7. The molecular weight excluding hydrogens is 324 g/mol. The number of ether oxygens (including phenoxy) is 2. The summed E-state index contributed by atoms with van der Waals surface area (Å²) >= 11 is 0. The van der Waals surface area contributed by atoms with E-state index in [2.05, 4.69) is 6.92 Å². The molecule has 1 aliphatic carbocycles. The Labute approximate surface area is 150 Å². The Morgan fingerprint density at radius 1 is 1.04 bits per heavy atom. The van der Waals surface area contributed by atoms with Crippen LogP contribution in [0.25, 0.3) is 0 Å². The molecule has 0 spiro atoms. The number of aliphatic hydroxyl groups excluding tert-OH is 1. The number of esters is 1. The van der Waals surface area contributed by atoms with Gasteiger partial charge < -0.3 is 14.6 Å². The second-order valence-electron chi connectivity index (χ2n) is 6.79. The molecule has 1 unspecified atom stereocenters. The smallest absolute Gasteiger partial charge is 0.302 e. The third-order valence-electron chi connectivity index (χ3n) is 4.57. The quantitative estimate of drug-likeness (QED) is 0.328. The fraction of sp³-hybridized carbons (Fsp3) is 0.842. The van der Waals surface area contributed by atoms with Crippen LogP contribution in [0.1, 0.15) is 71.6 Å². The summed E-state index contributed by atoms with van der Waals surface area (Å²) in [6, 6.07) is 0. The lowest BCUT2D eigenvalue weighted by Crippen LogP contribution is -2.50. The minimum atomic E-state index is -1.41. The predicted molar refractivity (Wildman–Crippen MR) is 93.1 cm³/mol. The van der Waals surface area contributed by atoms with Crippen molar-refractivity contribution < 1.29 is 29.0 Å². The first-order valence-electron chi connectivity index (χ1n) is 9.48. The zero-order valence-corrected chi connectivity index (χ0v) is 15.5. The first-order valence-corrected chi connectivity index (χ1v) is 9.48. The van der Waals surface area contributed by atoms with Crippen molar-refractivity contribution in [1.82, 2.24) is 0 Å². The van der Waals surface area contributed by atoms with E-state index in [0.29, 0.717) is 6.61 Å². The van der Waals surface area contributed by atoms with Crippen molar-refractivity contribution in [2.24, 2.45) is 5.92 Å². The fourth-order valence-corrected chi connectivity index (χ4v) is 3.02. The van der Waals surface area contributed by atoms with E-state index in [9.17, 15) is 19.5 Å². The molecule has 1 N–H and O–H groups in total. The molecule has 1 aliphatic rings. The number of rotatable bonds is 12. The summed E-state index contributed by atoms with van der Waals surface area (Å²) < 4.78 is 10.5. The van der Waals surface area contributed by atoms with Crippen LogP contribution in [0, 0.1) is 5.92 Å². The molecule has 3 atom stereocenters. The summed E-state index contributed by atoms with van der Waals surface area (Å²) in [5, 5.41) is 9.92. The van der Waals surface area contributed by atoms with Gasteiger partial charge in [-0.15, -0.1) is 0 Å². The molecule has 144 valence electrons. The van der Waals surface area contributed by atoms with Crippen LogP contribution in [0.5, 0.6) is 0 Å². The zero-order chi connectivity index (χ0) is 18.7. The number of aliphatic hydroxyl groups is 1. The number of unbranched alkanes of at least 4 members (excludes halogenated alkanes) is 7. The molecule has 0 saturated heterocycles. The van der Waals surface area contributed by atoms with Crippen molar-refractivity contribution in [3.8, 4) is 0 Å². The molecule has 1 fully saturated rings. The van der Waals surface area contributed by atoms with E-state index in [1.54, 1.807) is 0 Å². The Morgan fingerprint density at radius 3 is 2.24 bits per heavy atom. The highest BCUT2D eigenvalue weighted by Gasteiger charge is 2.43. The Morgan fingerprint density at radius 2 is 1.64 bits per heavy atom. The topological polar surface area (TPSA) is 89.9 Å². The van der Waals surface area contributed by atoms with E-state index in [4.69, 9.17) is 9.47 Å². The van der Waals surface area contributed by atoms with Gasteiger partial charge in [0, 0.05) is 13.5 Å². The number of ketones is 2. The number of Topliss-reactive ketones (excluding diaryl/α,β-unsaturated/α-hetero) is 2. The monoisotopic (exact) mass is 356 g/mol. The molecule has 0 radical (unpaired) electrons. The lowest BCUT2D eigenvalue weighted by Gasteiger charge is -2.30. The maximum absolute atomic E-state index is 11.9. The van der Waals surface area contributed by atoms with Crippen molar-refractivity contribution in [2.75, 3.05) is 13.2 Å². The average molecular weight is 356 g/mol. The molecule has 0 heterocycles. The van der Waals surface area contributed by atoms with Gasteiger partial charge in [-0.25, -0.2) is 0 Å². The lowest BCUT2D eigenvalue weighted by atomic mass is 9.83. The van der Waals surface area contributed by atoms with Crippen LogP contribution in [0.15, 0.2) is 0 Å². The molecule has 1 saturated carbocycles. The van der Waals surface area contributed by atoms with Gasteiger partial charge in [-0.3, -0.25) is 14.4 Å². The zero-order valence-electron chi connectivity index (χ0n) is 15.5. The molecule has 0 aromatic rings. The van der Waals surface area contributed by atoms with E-state index in [0.717, 1.165) is 19.3 Å². The molecule has 1 rings (SSSR count). The van der Waals surface area contributed by atoms with Crippen LogP contribution < -0.4 is 0 Å². The molecule has 0 aromatic heterocycles. The van der Waals surface area contributed by atoms with Gasteiger partial charge in [-0.2, -0.15) is 0 Å². The van der Waals surface area contributed by atoms with Gasteiger partial charge in [-0.05, 0) is 12.8 Å². The molecule has 0 amide bonds. The Hall–Kier alpha value is -1.27. The average Bonchev–Trinajstić information content (AvgIpc) is 2.59. The first-order chi connectivity index (χ1) is 12.0. The van der Waals surface area contributed by atoms with E-state index >= 15 is 0 Å². The molecule has 0 aliphatic heterocycles. The van der Waals surface area contributed by atoms with Crippen LogP contribution in [-0.2, 0) is 23.9 Å². The van der Waals surface area contributed by atoms with Gasteiger partial charge in [0.05, 0.1) is 12.0 Å². The fourth-order valence-electron chi connectivity index (χ4n) is 3.02. The summed E-state index contributed by atoms with van der Waals surface area (Å²) in [7, 11) is 0. The summed E-state index contributed by atoms with van der Waals surface area (Å²) in [5.74, 6) is -2.74. The van der Waals surface area contributed by atoms with Crippen LogP contribution in [-0.4, -0.2) is 48.1 Å². The van der Waals surface area contributed by atoms with E-state index in [1.807, 2.05) is 0 Å². The summed E-state index contributed by atoms with van der Waals surface area (Å²) in [6.07, 6.45) is 7.51. The molecule has 6 nitrogen and oxygen atoms in total. The maximum atomic E-state index is 11.9. The highest BCUT2D eigenvalue weighted by atomic mass is 16.5. The molecular formula is C19H32O6. The second-order valence-corrected chi connectivity index (χ2v) is 6.79. The molecule has 0 bridgehead atoms. The molecule has 0 aromatic carbocycles. The van der Waals surface area contributed by atoms with Gasteiger partial charge in [0.15, 0.2) is 0 Å². The van der Waals surface area contributed by atoms with Crippen molar-refractivity contribution >= 4 is 17.5 Å². The van der Waals surface area contributed by atoms with Crippen molar-refractivity contribution in [3.05, 3.63) is 0 Å². The number of hydrogen-bond acceptors (Lipinski definition) is 6. The Kier molecular flexibility index (Phi) is 10.6. The van der Waals surface area contributed by atoms with Crippen molar-refractivity contribution in [1.29, 1.82) is 0 Å².